The van der Waals surface area contributed by atoms with Gasteiger partial charge in [0.25, 0.3) is 0 Å². The van der Waals surface area contributed by atoms with Crippen LogP contribution in [-0.4, -0.2) is 13.2 Å². The zero-order valence-corrected chi connectivity index (χ0v) is 7.26. The van der Waals surface area contributed by atoms with Crippen LogP contribution in [0.25, 0.3) is 0 Å². The summed E-state index contributed by atoms with van der Waals surface area (Å²) in [5.74, 6) is 1.65. The quantitative estimate of drug-likeness (QED) is 0.546. The molecule has 0 aromatic heterocycles. The topological polar surface area (TPSA) is 9.23 Å². The molecular weight excluding hydrogens is 124 g/mol. The zero-order valence-electron chi connectivity index (χ0n) is 7.26. The van der Waals surface area contributed by atoms with Crippen molar-refractivity contribution in [1.29, 1.82) is 0 Å². The van der Waals surface area contributed by atoms with Crippen LogP contribution in [0.15, 0.2) is 0 Å². The van der Waals surface area contributed by atoms with Gasteiger partial charge in [-0.3, -0.25) is 0 Å². The molecule has 0 unspecified atom stereocenters. The molecule has 0 heterocycles. The van der Waals surface area contributed by atoms with Crippen LogP contribution >= 0.6 is 0 Å². The first-order valence-corrected chi connectivity index (χ1v) is 4.26. The molecule has 1 heteroatoms. The molecule has 0 aromatic carbocycles. The first-order valence-electron chi connectivity index (χ1n) is 4.26. The Labute approximate surface area is 63.8 Å². The summed E-state index contributed by atoms with van der Waals surface area (Å²) in [4.78, 5) is 0. The van der Waals surface area contributed by atoms with Crippen molar-refractivity contribution in [2.45, 2.75) is 39.2 Å². The average Bonchev–Trinajstić information content (AvgIpc) is 1.94. The fourth-order valence-electron chi connectivity index (χ4n) is 1.81. The maximum Gasteiger partial charge on any atom is 0.0599 e. The second-order valence-electron chi connectivity index (χ2n) is 3.67. The minimum absolute atomic E-state index is 0.531. The van der Waals surface area contributed by atoms with Crippen molar-refractivity contribution < 1.29 is 4.74 Å². The van der Waals surface area contributed by atoms with Crippen molar-refractivity contribution in [3.05, 3.63) is 0 Å². The van der Waals surface area contributed by atoms with Gasteiger partial charge in [-0.1, -0.05) is 20.3 Å². The normalized spacial score (nSPS) is 41.7. The summed E-state index contributed by atoms with van der Waals surface area (Å²) in [6, 6.07) is 0. The van der Waals surface area contributed by atoms with E-state index in [0.29, 0.717) is 6.10 Å². The predicted molar refractivity (Wildman–Crippen MR) is 43.0 cm³/mol. The lowest BCUT2D eigenvalue weighted by molar-refractivity contribution is 0.0148. The molecule has 3 atom stereocenters. The van der Waals surface area contributed by atoms with Crippen LogP contribution < -0.4 is 0 Å². The molecule has 60 valence electrons. The lowest BCUT2D eigenvalue weighted by Crippen LogP contribution is -2.27. The number of ether oxygens (including phenoxy) is 1. The monoisotopic (exact) mass is 142 g/mol. The van der Waals surface area contributed by atoms with Gasteiger partial charge in [-0.15, -0.1) is 0 Å². The van der Waals surface area contributed by atoms with Crippen LogP contribution in [-0.2, 0) is 4.74 Å². The molecule has 0 aliphatic heterocycles. The molecule has 1 nitrogen and oxygen atoms in total. The Bertz CT molecular complexity index is 101. The van der Waals surface area contributed by atoms with Crippen LogP contribution in [0.1, 0.15) is 33.1 Å². The van der Waals surface area contributed by atoms with E-state index in [0.717, 1.165) is 11.8 Å². The third-order valence-electron chi connectivity index (χ3n) is 2.69. The SMILES string of the molecule is CO[C@H]1C[C@@H](C)CC[C@@H]1C. The molecule has 0 radical (unpaired) electrons. The van der Waals surface area contributed by atoms with Gasteiger partial charge in [0.15, 0.2) is 0 Å². The van der Waals surface area contributed by atoms with Gasteiger partial charge in [0.05, 0.1) is 6.10 Å². The average molecular weight is 142 g/mol. The van der Waals surface area contributed by atoms with Gasteiger partial charge in [0.2, 0.25) is 0 Å². The molecule has 0 bridgehead atoms. The highest BCUT2D eigenvalue weighted by molar-refractivity contribution is 4.75. The number of methoxy groups -OCH3 is 1. The largest absolute Gasteiger partial charge is 0.381 e. The lowest BCUT2D eigenvalue weighted by Gasteiger charge is -2.31. The highest BCUT2D eigenvalue weighted by atomic mass is 16.5. The number of hydrogen-bond acceptors (Lipinski definition) is 1. The molecule has 0 saturated heterocycles. The van der Waals surface area contributed by atoms with E-state index in [4.69, 9.17) is 4.74 Å². The van der Waals surface area contributed by atoms with Gasteiger partial charge in [0, 0.05) is 7.11 Å². The van der Waals surface area contributed by atoms with Crippen molar-refractivity contribution in [2.75, 3.05) is 7.11 Å². The minimum Gasteiger partial charge on any atom is -0.381 e. The highest BCUT2D eigenvalue weighted by Gasteiger charge is 2.24. The van der Waals surface area contributed by atoms with E-state index in [1.807, 2.05) is 7.11 Å². The predicted octanol–water partition coefficient (Wildman–Crippen LogP) is 2.46. The Morgan fingerprint density at radius 1 is 1.20 bits per heavy atom. The maximum absolute atomic E-state index is 5.37. The summed E-state index contributed by atoms with van der Waals surface area (Å²) < 4.78 is 5.37. The van der Waals surface area contributed by atoms with Crippen LogP contribution in [0, 0.1) is 11.8 Å². The second-order valence-corrected chi connectivity index (χ2v) is 3.67. The molecule has 0 spiro atoms. The standard InChI is InChI=1S/C9H18O/c1-7-4-5-8(2)9(6-7)10-3/h7-9H,4-6H2,1-3H3/t7-,8-,9-/m0/s1. The molecule has 0 amide bonds. The minimum atomic E-state index is 0.531. The summed E-state index contributed by atoms with van der Waals surface area (Å²) in [5.41, 5.74) is 0. The van der Waals surface area contributed by atoms with Crippen LogP contribution in [0.2, 0.25) is 0 Å². The molecule has 0 aromatic rings. The Morgan fingerprint density at radius 3 is 2.40 bits per heavy atom. The lowest BCUT2D eigenvalue weighted by atomic mass is 9.82. The van der Waals surface area contributed by atoms with E-state index in [1.165, 1.54) is 19.3 Å². The molecule has 1 fully saturated rings. The number of rotatable bonds is 1. The van der Waals surface area contributed by atoms with Gasteiger partial charge >= 0.3 is 0 Å². The Balaban J connectivity index is 2.38. The second kappa shape index (κ2) is 3.38. The van der Waals surface area contributed by atoms with Crippen molar-refractivity contribution in [3.8, 4) is 0 Å². The highest BCUT2D eigenvalue weighted by Crippen LogP contribution is 2.29. The molecule has 1 aliphatic carbocycles. The zero-order chi connectivity index (χ0) is 7.56. The fraction of sp³-hybridized carbons (Fsp3) is 1.00. The van der Waals surface area contributed by atoms with Crippen molar-refractivity contribution in [1.82, 2.24) is 0 Å². The molecule has 1 rings (SSSR count). The van der Waals surface area contributed by atoms with Gasteiger partial charge in [-0.05, 0) is 24.7 Å². The van der Waals surface area contributed by atoms with Gasteiger partial charge < -0.3 is 4.74 Å². The van der Waals surface area contributed by atoms with Gasteiger partial charge in [0.1, 0.15) is 0 Å². The first kappa shape index (κ1) is 8.06. The number of hydrogen-bond donors (Lipinski definition) is 0. The Hall–Kier alpha value is -0.0400. The van der Waals surface area contributed by atoms with E-state index >= 15 is 0 Å². The Kier molecular flexibility index (Phi) is 2.72. The summed E-state index contributed by atoms with van der Waals surface area (Å²) in [6.45, 7) is 4.61. The smallest absolute Gasteiger partial charge is 0.0599 e. The van der Waals surface area contributed by atoms with Crippen molar-refractivity contribution in [3.63, 3.8) is 0 Å². The van der Waals surface area contributed by atoms with E-state index in [-0.39, 0.29) is 0 Å². The van der Waals surface area contributed by atoms with Crippen LogP contribution in [0.3, 0.4) is 0 Å². The van der Waals surface area contributed by atoms with Gasteiger partial charge in [-0.2, -0.15) is 0 Å². The third kappa shape index (κ3) is 1.72. The van der Waals surface area contributed by atoms with Gasteiger partial charge in [-0.25, -0.2) is 0 Å². The summed E-state index contributed by atoms with van der Waals surface area (Å²) in [5, 5.41) is 0. The van der Waals surface area contributed by atoms with E-state index in [9.17, 15) is 0 Å². The fourth-order valence-corrected chi connectivity index (χ4v) is 1.81. The van der Waals surface area contributed by atoms with Crippen molar-refractivity contribution in [2.24, 2.45) is 11.8 Å². The summed E-state index contributed by atoms with van der Waals surface area (Å²) in [7, 11) is 1.83. The maximum atomic E-state index is 5.37. The van der Waals surface area contributed by atoms with Crippen LogP contribution in [0.4, 0.5) is 0 Å². The first-order chi connectivity index (χ1) is 4.74. The molecule has 1 aliphatic rings. The summed E-state index contributed by atoms with van der Waals surface area (Å²) >= 11 is 0. The molecule has 0 N–H and O–H groups in total. The Morgan fingerprint density at radius 2 is 1.90 bits per heavy atom. The summed E-state index contributed by atoms with van der Waals surface area (Å²) in [6.07, 6.45) is 4.53. The van der Waals surface area contributed by atoms with Crippen LogP contribution in [0.5, 0.6) is 0 Å². The van der Waals surface area contributed by atoms with E-state index in [1.54, 1.807) is 0 Å². The third-order valence-corrected chi connectivity index (χ3v) is 2.69. The van der Waals surface area contributed by atoms with Crippen molar-refractivity contribution >= 4 is 0 Å². The molecular formula is C9H18O. The van der Waals surface area contributed by atoms with E-state index in [2.05, 4.69) is 13.8 Å². The molecule has 10 heavy (non-hydrogen) atoms. The molecule has 1 saturated carbocycles. The van der Waals surface area contributed by atoms with E-state index < -0.39 is 0 Å².